The van der Waals surface area contributed by atoms with Crippen LogP contribution in [0.15, 0.2) is 66.7 Å². The molecule has 188 valence electrons. The second-order valence-corrected chi connectivity index (χ2v) is 8.93. The molecule has 2 amide bonds. The fraction of sp³-hybridized carbons (Fsp3) is 0.357. The Balaban J connectivity index is 1.36. The first-order valence-electron chi connectivity index (χ1n) is 12.4. The van der Waals surface area contributed by atoms with Crippen molar-refractivity contribution in [1.82, 2.24) is 20.0 Å². The van der Waals surface area contributed by atoms with E-state index in [9.17, 15) is 9.59 Å². The molecular weight excluding hydrogens is 454 g/mol. The SMILES string of the molecule is CCC(C)N(CC(=O)N1CCN(c2ccc(-c3cccc(OC)c3)nn2)CC1)C(=O)c1ccccc1. The highest BCUT2D eigenvalue weighted by atomic mass is 16.5. The van der Waals surface area contributed by atoms with Crippen LogP contribution in [0.4, 0.5) is 5.82 Å². The second kappa shape index (κ2) is 11.7. The molecule has 0 bridgehead atoms. The number of carbonyl (C=O) groups excluding carboxylic acids is 2. The molecular formula is C28H33N5O3. The molecule has 8 nitrogen and oxygen atoms in total. The topological polar surface area (TPSA) is 78.9 Å². The highest BCUT2D eigenvalue weighted by molar-refractivity contribution is 5.96. The monoisotopic (exact) mass is 487 g/mol. The van der Waals surface area contributed by atoms with Gasteiger partial charge in [-0.05, 0) is 49.7 Å². The maximum atomic E-state index is 13.1. The molecule has 2 aromatic carbocycles. The molecule has 1 saturated heterocycles. The van der Waals surface area contributed by atoms with E-state index in [-0.39, 0.29) is 24.4 Å². The average molecular weight is 488 g/mol. The maximum absolute atomic E-state index is 13.1. The van der Waals surface area contributed by atoms with Crippen molar-refractivity contribution in [3.8, 4) is 17.0 Å². The first kappa shape index (κ1) is 25.2. The Morgan fingerprint density at radius 2 is 1.72 bits per heavy atom. The van der Waals surface area contributed by atoms with Gasteiger partial charge in [0.15, 0.2) is 5.82 Å². The van der Waals surface area contributed by atoms with Gasteiger partial charge in [0.2, 0.25) is 5.91 Å². The Bertz CT molecular complexity index is 1160. The predicted octanol–water partition coefficient (Wildman–Crippen LogP) is 3.74. The number of carbonyl (C=O) groups is 2. The number of rotatable bonds is 8. The predicted molar refractivity (Wildman–Crippen MR) is 140 cm³/mol. The zero-order valence-corrected chi connectivity index (χ0v) is 21.1. The summed E-state index contributed by atoms with van der Waals surface area (Å²) >= 11 is 0. The molecule has 0 spiro atoms. The molecule has 1 fully saturated rings. The number of ether oxygens (including phenoxy) is 1. The first-order valence-corrected chi connectivity index (χ1v) is 12.4. The van der Waals surface area contributed by atoms with Crippen LogP contribution in [0, 0.1) is 0 Å². The lowest BCUT2D eigenvalue weighted by Crippen LogP contribution is -2.53. The summed E-state index contributed by atoms with van der Waals surface area (Å²) in [7, 11) is 1.64. The van der Waals surface area contributed by atoms with E-state index >= 15 is 0 Å². The van der Waals surface area contributed by atoms with Gasteiger partial charge < -0.3 is 19.4 Å². The largest absolute Gasteiger partial charge is 0.497 e. The zero-order chi connectivity index (χ0) is 25.5. The second-order valence-electron chi connectivity index (χ2n) is 8.93. The van der Waals surface area contributed by atoms with Gasteiger partial charge in [-0.3, -0.25) is 9.59 Å². The molecule has 1 aliphatic rings. The summed E-state index contributed by atoms with van der Waals surface area (Å²) in [5.74, 6) is 1.42. The van der Waals surface area contributed by atoms with Crippen molar-refractivity contribution >= 4 is 17.6 Å². The Morgan fingerprint density at radius 3 is 2.36 bits per heavy atom. The van der Waals surface area contributed by atoms with E-state index in [0.717, 1.165) is 29.2 Å². The minimum atomic E-state index is -0.108. The number of hydrogen-bond acceptors (Lipinski definition) is 6. The van der Waals surface area contributed by atoms with E-state index in [2.05, 4.69) is 15.1 Å². The third-order valence-corrected chi connectivity index (χ3v) is 6.68. The van der Waals surface area contributed by atoms with Crippen molar-refractivity contribution in [2.24, 2.45) is 0 Å². The summed E-state index contributed by atoms with van der Waals surface area (Å²) in [5, 5.41) is 8.82. The molecule has 8 heteroatoms. The lowest BCUT2D eigenvalue weighted by Gasteiger charge is -2.37. The molecule has 0 saturated carbocycles. The van der Waals surface area contributed by atoms with Crippen molar-refractivity contribution in [1.29, 1.82) is 0 Å². The van der Waals surface area contributed by atoms with Gasteiger partial charge in [-0.2, -0.15) is 0 Å². The third kappa shape index (κ3) is 5.82. The summed E-state index contributed by atoms with van der Waals surface area (Å²) in [6, 6.07) is 20.8. The molecule has 4 rings (SSSR count). The van der Waals surface area contributed by atoms with Crippen LogP contribution in [-0.4, -0.2) is 77.7 Å². The van der Waals surface area contributed by atoms with Crippen molar-refractivity contribution in [3.05, 3.63) is 72.3 Å². The molecule has 0 aliphatic carbocycles. The van der Waals surface area contributed by atoms with Gasteiger partial charge in [-0.25, -0.2) is 0 Å². The van der Waals surface area contributed by atoms with Gasteiger partial charge in [-0.15, -0.1) is 10.2 Å². The van der Waals surface area contributed by atoms with Crippen LogP contribution < -0.4 is 9.64 Å². The number of amides is 2. The lowest BCUT2D eigenvalue weighted by molar-refractivity contribution is -0.132. The van der Waals surface area contributed by atoms with Gasteiger partial charge in [0.25, 0.3) is 5.91 Å². The molecule has 36 heavy (non-hydrogen) atoms. The Hall–Kier alpha value is -3.94. The number of piperazine rings is 1. The quantitative estimate of drug-likeness (QED) is 0.482. The molecule has 2 heterocycles. The van der Waals surface area contributed by atoms with Crippen molar-refractivity contribution < 1.29 is 14.3 Å². The standard InChI is InChI=1S/C28H33N5O3/c1-4-21(2)33(28(35)22-9-6-5-7-10-22)20-27(34)32-17-15-31(16-18-32)26-14-13-25(29-30-26)23-11-8-12-24(19-23)36-3/h5-14,19,21H,4,15-18,20H2,1-3H3. The Morgan fingerprint density at radius 1 is 0.972 bits per heavy atom. The van der Waals surface area contributed by atoms with Gasteiger partial charge in [0.1, 0.15) is 12.3 Å². The Kier molecular flexibility index (Phi) is 8.15. The number of benzene rings is 2. The summed E-state index contributed by atoms with van der Waals surface area (Å²) in [6.45, 7) is 6.57. The minimum Gasteiger partial charge on any atom is -0.497 e. The smallest absolute Gasteiger partial charge is 0.254 e. The summed E-state index contributed by atoms with van der Waals surface area (Å²) in [6.07, 6.45) is 0.782. The molecule has 1 aliphatic heterocycles. The molecule has 1 aromatic heterocycles. The number of hydrogen-bond donors (Lipinski definition) is 0. The summed E-state index contributed by atoms with van der Waals surface area (Å²) < 4.78 is 5.29. The fourth-order valence-electron chi connectivity index (χ4n) is 4.26. The van der Waals surface area contributed by atoms with E-state index < -0.39 is 0 Å². The Labute approximate surface area is 212 Å². The molecule has 0 radical (unpaired) electrons. The highest BCUT2D eigenvalue weighted by Crippen LogP contribution is 2.23. The van der Waals surface area contributed by atoms with Crippen LogP contribution in [0.3, 0.4) is 0 Å². The lowest BCUT2D eigenvalue weighted by atomic mass is 10.1. The normalized spacial score (nSPS) is 14.3. The van der Waals surface area contributed by atoms with Gasteiger partial charge in [0, 0.05) is 43.3 Å². The van der Waals surface area contributed by atoms with E-state index in [1.807, 2.05) is 73.3 Å². The van der Waals surface area contributed by atoms with Gasteiger partial charge in [-0.1, -0.05) is 37.3 Å². The van der Waals surface area contributed by atoms with Crippen LogP contribution >= 0.6 is 0 Å². The maximum Gasteiger partial charge on any atom is 0.254 e. The van der Waals surface area contributed by atoms with E-state index in [0.29, 0.717) is 31.7 Å². The molecule has 3 aromatic rings. The van der Waals surface area contributed by atoms with Crippen LogP contribution in [0.25, 0.3) is 11.3 Å². The van der Waals surface area contributed by atoms with Crippen molar-refractivity contribution in [2.45, 2.75) is 26.3 Å². The summed E-state index contributed by atoms with van der Waals surface area (Å²) in [5.41, 5.74) is 2.32. The van der Waals surface area contributed by atoms with E-state index in [1.54, 1.807) is 24.1 Å². The zero-order valence-electron chi connectivity index (χ0n) is 21.1. The van der Waals surface area contributed by atoms with Crippen molar-refractivity contribution in [3.63, 3.8) is 0 Å². The van der Waals surface area contributed by atoms with E-state index in [1.165, 1.54) is 0 Å². The number of aromatic nitrogens is 2. The van der Waals surface area contributed by atoms with Crippen LogP contribution in [0.1, 0.15) is 30.6 Å². The number of methoxy groups -OCH3 is 1. The van der Waals surface area contributed by atoms with Crippen molar-refractivity contribution in [2.75, 3.05) is 44.7 Å². The van der Waals surface area contributed by atoms with Crippen LogP contribution in [0.2, 0.25) is 0 Å². The fourth-order valence-corrected chi connectivity index (χ4v) is 4.26. The van der Waals surface area contributed by atoms with Crippen LogP contribution in [-0.2, 0) is 4.79 Å². The average Bonchev–Trinajstić information content (AvgIpc) is 2.95. The number of anilines is 1. The molecule has 1 atom stereocenters. The first-order chi connectivity index (χ1) is 17.5. The number of nitrogens with zero attached hydrogens (tertiary/aromatic N) is 5. The molecule has 0 N–H and O–H groups in total. The van der Waals surface area contributed by atoms with Crippen LogP contribution in [0.5, 0.6) is 5.75 Å². The van der Waals surface area contributed by atoms with Gasteiger partial charge in [0.05, 0.1) is 12.8 Å². The molecule has 1 unspecified atom stereocenters. The highest BCUT2D eigenvalue weighted by Gasteiger charge is 2.28. The van der Waals surface area contributed by atoms with E-state index in [4.69, 9.17) is 4.74 Å². The summed E-state index contributed by atoms with van der Waals surface area (Å²) in [4.78, 5) is 31.9. The third-order valence-electron chi connectivity index (χ3n) is 6.68. The van der Waals surface area contributed by atoms with Gasteiger partial charge >= 0.3 is 0 Å². The minimum absolute atomic E-state index is 0.0266.